The van der Waals surface area contributed by atoms with Crippen LogP contribution in [0.25, 0.3) is 0 Å². The first-order chi connectivity index (χ1) is 15.0. The van der Waals surface area contributed by atoms with Gasteiger partial charge < -0.3 is 14.4 Å². The fourth-order valence-electron chi connectivity index (χ4n) is 5.26. The van der Waals surface area contributed by atoms with Crippen LogP contribution in [-0.2, 0) is 9.53 Å². The van der Waals surface area contributed by atoms with Crippen molar-refractivity contribution in [2.45, 2.75) is 57.6 Å². The summed E-state index contributed by atoms with van der Waals surface area (Å²) in [6.45, 7) is 5.76. The van der Waals surface area contributed by atoms with Crippen LogP contribution in [0.2, 0.25) is 0 Å². The second-order valence-electron chi connectivity index (χ2n) is 9.52. The molecule has 2 heterocycles. The Labute approximate surface area is 183 Å². The Morgan fingerprint density at radius 3 is 2.68 bits per heavy atom. The van der Waals surface area contributed by atoms with Crippen LogP contribution >= 0.6 is 0 Å². The number of nitrogens with zero attached hydrogens (tertiary/aromatic N) is 4. The van der Waals surface area contributed by atoms with E-state index in [1.54, 1.807) is 7.11 Å². The molecule has 1 amide bonds. The average molecular weight is 425 g/mol. The summed E-state index contributed by atoms with van der Waals surface area (Å²) in [5.74, 6) is 2.40. The van der Waals surface area contributed by atoms with Crippen LogP contribution in [0.4, 0.5) is 0 Å². The van der Waals surface area contributed by atoms with Gasteiger partial charge in [-0.1, -0.05) is 17.3 Å². The molecule has 2 aromatic rings. The molecule has 1 aromatic heterocycles. The zero-order valence-electron chi connectivity index (χ0n) is 18.7. The Bertz CT molecular complexity index is 954. The van der Waals surface area contributed by atoms with Crippen molar-refractivity contribution in [2.75, 3.05) is 26.8 Å². The molecule has 1 aliphatic heterocycles. The lowest BCUT2D eigenvalue weighted by atomic mass is 9.77. The van der Waals surface area contributed by atoms with Crippen molar-refractivity contribution < 1.29 is 14.3 Å². The number of rotatable bonds is 6. The van der Waals surface area contributed by atoms with Gasteiger partial charge in [-0.15, -0.1) is 5.10 Å². The lowest BCUT2D eigenvalue weighted by Gasteiger charge is -2.36. The quantitative estimate of drug-likeness (QED) is 0.712. The van der Waals surface area contributed by atoms with E-state index in [1.807, 2.05) is 28.6 Å². The highest BCUT2D eigenvalue weighted by atomic mass is 16.5. The molecule has 0 unspecified atom stereocenters. The number of likely N-dealkylation sites (tertiary alicyclic amines) is 1. The van der Waals surface area contributed by atoms with E-state index >= 15 is 0 Å². The van der Waals surface area contributed by atoms with E-state index in [-0.39, 0.29) is 24.7 Å². The molecule has 3 fully saturated rings. The molecule has 7 heteroatoms. The number of aromatic nitrogens is 3. The van der Waals surface area contributed by atoms with Crippen molar-refractivity contribution in [3.8, 4) is 5.75 Å². The maximum Gasteiger partial charge on any atom is 0.260 e. The lowest BCUT2D eigenvalue weighted by molar-refractivity contribution is -0.132. The molecule has 1 aromatic carbocycles. The van der Waals surface area contributed by atoms with Crippen molar-refractivity contribution in [1.82, 2.24) is 19.9 Å². The van der Waals surface area contributed by atoms with Gasteiger partial charge in [-0.2, -0.15) is 0 Å². The molecule has 4 atom stereocenters. The van der Waals surface area contributed by atoms with E-state index in [0.717, 1.165) is 42.9 Å². The Balaban J connectivity index is 1.22. The van der Waals surface area contributed by atoms with Crippen molar-refractivity contribution in [1.29, 1.82) is 0 Å². The Morgan fingerprint density at radius 2 is 1.94 bits per heavy atom. The van der Waals surface area contributed by atoms with E-state index < -0.39 is 0 Å². The third-order valence-electron chi connectivity index (χ3n) is 7.51. The zero-order valence-corrected chi connectivity index (χ0v) is 18.7. The highest BCUT2D eigenvalue weighted by Gasteiger charge is 2.45. The smallest absolute Gasteiger partial charge is 0.260 e. The van der Waals surface area contributed by atoms with Gasteiger partial charge in [0, 0.05) is 32.3 Å². The minimum Gasteiger partial charge on any atom is -0.483 e. The number of ether oxygens (including phenoxy) is 2. The molecule has 2 saturated carbocycles. The Kier molecular flexibility index (Phi) is 5.46. The summed E-state index contributed by atoms with van der Waals surface area (Å²) in [7, 11) is 1.78. The predicted octanol–water partition coefficient (Wildman–Crippen LogP) is 3.28. The number of benzene rings is 1. The highest BCUT2D eigenvalue weighted by molar-refractivity contribution is 5.78. The molecule has 166 valence electrons. The normalized spacial score (nSPS) is 27.9. The fraction of sp³-hybridized carbons (Fsp3) is 0.625. The monoisotopic (exact) mass is 424 g/mol. The van der Waals surface area contributed by atoms with Gasteiger partial charge in [-0.05, 0) is 68.6 Å². The van der Waals surface area contributed by atoms with Gasteiger partial charge in [0.05, 0.1) is 17.8 Å². The van der Waals surface area contributed by atoms with Crippen LogP contribution in [0, 0.1) is 25.7 Å². The van der Waals surface area contributed by atoms with Crippen LogP contribution in [0.3, 0.4) is 0 Å². The van der Waals surface area contributed by atoms with Gasteiger partial charge in [-0.25, -0.2) is 4.68 Å². The summed E-state index contributed by atoms with van der Waals surface area (Å²) in [5.41, 5.74) is 3.38. The fourth-order valence-corrected chi connectivity index (χ4v) is 5.26. The molecule has 0 spiro atoms. The minimum absolute atomic E-state index is 0.0672. The molecule has 5 rings (SSSR count). The first kappa shape index (κ1) is 20.5. The number of hydrogen-bond acceptors (Lipinski definition) is 5. The number of methoxy groups -OCH3 is 1. The lowest BCUT2D eigenvalue weighted by Crippen LogP contribution is -2.37. The number of fused-ring (bicyclic) bond motifs is 1. The van der Waals surface area contributed by atoms with Gasteiger partial charge in [-0.3, -0.25) is 4.79 Å². The molecule has 3 aliphatic rings. The zero-order chi connectivity index (χ0) is 21.5. The minimum atomic E-state index is 0.0672. The van der Waals surface area contributed by atoms with Crippen molar-refractivity contribution >= 4 is 5.91 Å². The van der Waals surface area contributed by atoms with Crippen LogP contribution in [-0.4, -0.2) is 58.7 Å². The van der Waals surface area contributed by atoms with E-state index in [0.29, 0.717) is 17.8 Å². The molecule has 0 radical (unpaired) electrons. The molecule has 31 heavy (non-hydrogen) atoms. The topological polar surface area (TPSA) is 69.5 Å². The average Bonchev–Trinajstić information content (AvgIpc) is 3.35. The Hall–Kier alpha value is -2.41. The molecule has 0 bridgehead atoms. The summed E-state index contributed by atoms with van der Waals surface area (Å²) in [4.78, 5) is 14.9. The third-order valence-corrected chi connectivity index (χ3v) is 7.51. The summed E-state index contributed by atoms with van der Waals surface area (Å²) in [5, 5.41) is 8.83. The van der Waals surface area contributed by atoms with Gasteiger partial charge in [0.15, 0.2) is 6.61 Å². The number of aryl methyl sites for hydroxylation is 1. The molecule has 1 saturated heterocycles. The first-order valence-corrected chi connectivity index (χ1v) is 11.4. The molecular weight excluding hydrogens is 392 g/mol. The number of amides is 1. The SMILES string of the molecule is CO[C@@H]1C[C@H]2CN(C(=O)COc3cccc(C)c3C)C[C@H]2C[C@H]1n1cc(C2CC2)nn1. The summed E-state index contributed by atoms with van der Waals surface area (Å²) >= 11 is 0. The summed E-state index contributed by atoms with van der Waals surface area (Å²) < 4.78 is 13.8. The Morgan fingerprint density at radius 1 is 1.16 bits per heavy atom. The van der Waals surface area contributed by atoms with E-state index in [9.17, 15) is 4.79 Å². The van der Waals surface area contributed by atoms with Gasteiger partial charge >= 0.3 is 0 Å². The molecule has 2 aliphatic carbocycles. The first-order valence-electron chi connectivity index (χ1n) is 11.4. The molecule has 7 nitrogen and oxygen atoms in total. The second-order valence-corrected chi connectivity index (χ2v) is 9.52. The van der Waals surface area contributed by atoms with Crippen LogP contribution in [0.5, 0.6) is 5.75 Å². The van der Waals surface area contributed by atoms with Gasteiger partial charge in [0.1, 0.15) is 5.75 Å². The standard InChI is InChI=1S/C24H32N4O3/c1-15-5-4-6-22(16(15)2)31-14-24(29)27-11-18-9-21(23(30-3)10-19(18)12-27)28-13-20(25-26-28)17-7-8-17/h4-6,13,17-19,21,23H,7-12,14H2,1-3H3/t18-,19+,21-,23-/m1/s1. The van der Waals surface area contributed by atoms with Crippen LogP contribution in [0.1, 0.15) is 54.5 Å². The third kappa shape index (κ3) is 4.07. The van der Waals surface area contributed by atoms with Gasteiger partial charge in [0.2, 0.25) is 0 Å². The predicted molar refractivity (Wildman–Crippen MR) is 116 cm³/mol. The number of carbonyl (C=O) groups is 1. The van der Waals surface area contributed by atoms with Crippen molar-refractivity contribution in [3.63, 3.8) is 0 Å². The second kappa shape index (κ2) is 8.26. The number of hydrogen-bond donors (Lipinski definition) is 0. The molecule has 0 N–H and O–H groups in total. The largest absolute Gasteiger partial charge is 0.483 e. The van der Waals surface area contributed by atoms with Crippen LogP contribution in [0.15, 0.2) is 24.4 Å². The van der Waals surface area contributed by atoms with E-state index in [4.69, 9.17) is 9.47 Å². The van der Waals surface area contributed by atoms with E-state index in [2.05, 4.69) is 29.5 Å². The maximum absolute atomic E-state index is 12.9. The van der Waals surface area contributed by atoms with Crippen molar-refractivity contribution in [2.24, 2.45) is 11.8 Å². The van der Waals surface area contributed by atoms with E-state index in [1.165, 1.54) is 18.4 Å². The van der Waals surface area contributed by atoms with Crippen LogP contribution < -0.4 is 4.74 Å². The summed E-state index contributed by atoms with van der Waals surface area (Å²) in [6, 6.07) is 6.14. The van der Waals surface area contributed by atoms with Crippen molar-refractivity contribution in [3.05, 3.63) is 41.2 Å². The highest BCUT2D eigenvalue weighted by Crippen LogP contribution is 2.43. The summed E-state index contributed by atoms with van der Waals surface area (Å²) in [6.07, 6.45) is 6.59. The maximum atomic E-state index is 12.9. The number of carbonyl (C=O) groups excluding carboxylic acids is 1. The molecular formula is C24H32N4O3. The van der Waals surface area contributed by atoms with Gasteiger partial charge in [0.25, 0.3) is 5.91 Å².